The Morgan fingerprint density at radius 3 is 2.69 bits per heavy atom. The molecule has 1 aromatic heterocycles. The van der Waals surface area contributed by atoms with Crippen LogP contribution in [-0.4, -0.2) is 42.2 Å². The lowest BCUT2D eigenvalue weighted by Crippen LogP contribution is -2.25. The van der Waals surface area contributed by atoms with Crippen molar-refractivity contribution in [3.05, 3.63) is 60.0 Å². The maximum absolute atomic E-state index is 13.3. The number of aryl methyl sites for hydroxylation is 1. The van der Waals surface area contributed by atoms with Gasteiger partial charge in [-0.2, -0.15) is 9.78 Å². The fraction of sp³-hybridized carbons (Fsp3) is 0.333. The van der Waals surface area contributed by atoms with Crippen molar-refractivity contribution >= 4 is 66.5 Å². The van der Waals surface area contributed by atoms with Crippen LogP contribution in [-0.2, 0) is 16.0 Å². The fourth-order valence-electron chi connectivity index (χ4n) is 3.28. The number of unbranched alkanes of at least 4 members (excludes halogenated alkanes) is 1. The van der Waals surface area contributed by atoms with Gasteiger partial charge in [0.2, 0.25) is 0 Å². The topological polar surface area (TPSA) is 92.0 Å². The van der Waals surface area contributed by atoms with Gasteiger partial charge in [-0.05, 0) is 53.5 Å². The summed E-state index contributed by atoms with van der Waals surface area (Å²) in [6.45, 7) is 3.61. The third-order valence-corrected chi connectivity index (χ3v) is 7.08. The number of nitrogens with zero attached hydrogens (tertiary/aromatic N) is 3. The summed E-state index contributed by atoms with van der Waals surface area (Å²) in [5.74, 6) is 0.465. The lowest BCUT2D eigenvalue weighted by molar-refractivity contribution is -0.147. The molecule has 0 saturated heterocycles. The molecule has 0 aliphatic rings. The van der Waals surface area contributed by atoms with Crippen LogP contribution in [0.5, 0.6) is 11.5 Å². The van der Waals surface area contributed by atoms with Crippen LogP contribution in [0.2, 0.25) is 5.02 Å². The molecule has 0 N–H and O–H groups in total. The third kappa shape index (κ3) is 6.05. The number of esters is 1. The Kier molecular flexibility index (Phi) is 9.32. The first-order valence-electron chi connectivity index (χ1n) is 10.8. The summed E-state index contributed by atoms with van der Waals surface area (Å²) in [6.07, 6.45) is 2.99. The number of hydrogen-bond acceptors (Lipinski definition) is 7. The second kappa shape index (κ2) is 12.0. The summed E-state index contributed by atoms with van der Waals surface area (Å²) < 4.78 is 18.4. The Morgan fingerprint density at radius 2 is 2.03 bits per heavy atom. The number of halogens is 3. The second-order valence-corrected chi connectivity index (χ2v) is 9.65. The number of fused-ring (bicyclic) bond motifs is 1. The molecule has 35 heavy (non-hydrogen) atoms. The van der Waals surface area contributed by atoms with Crippen molar-refractivity contribution in [2.24, 2.45) is 5.10 Å². The maximum atomic E-state index is 13.3. The quantitative estimate of drug-likeness (QED) is 0.221. The summed E-state index contributed by atoms with van der Waals surface area (Å²) >= 11 is 13.4. The Morgan fingerprint density at radius 1 is 1.29 bits per heavy atom. The predicted octanol–water partition coefficient (Wildman–Crippen LogP) is 5.75. The molecule has 3 rings (SSSR count). The molecule has 0 amide bonds. The SMILES string of the molecule is CCCCc1nc2ccc(Br)cc2c(=O)n1N=Cc1cc(OC)c(O[C@H](C)C(=O)OC)c(Cl)c1Br. The highest BCUT2D eigenvalue weighted by molar-refractivity contribution is 9.10. The van der Waals surface area contributed by atoms with Crippen LogP contribution in [0.3, 0.4) is 0 Å². The van der Waals surface area contributed by atoms with Crippen molar-refractivity contribution in [3.63, 3.8) is 0 Å². The predicted molar refractivity (Wildman–Crippen MR) is 143 cm³/mol. The molecule has 0 radical (unpaired) electrons. The highest BCUT2D eigenvalue weighted by Gasteiger charge is 2.23. The number of carbonyl (C=O) groups excluding carboxylic acids is 1. The Balaban J connectivity index is 2.09. The van der Waals surface area contributed by atoms with Gasteiger partial charge in [0.15, 0.2) is 17.6 Å². The van der Waals surface area contributed by atoms with E-state index >= 15 is 0 Å². The van der Waals surface area contributed by atoms with Gasteiger partial charge < -0.3 is 14.2 Å². The number of rotatable bonds is 9. The van der Waals surface area contributed by atoms with Crippen LogP contribution in [0.1, 0.15) is 38.1 Å². The van der Waals surface area contributed by atoms with Crippen molar-refractivity contribution in [1.82, 2.24) is 9.66 Å². The van der Waals surface area contributed by atoms with E-state index in [2.05, 4.69) is 48.9 Å². The van der Waals surface area contributed by atoms with E-state index in [0.29, 0.717) is 33.2 Å². The van der Waals surface area contributed by atoms with Crippen LogP contribution in [0, 0.1) is 0 Å². The Hall–Kier alpha value is -2.43. The average molecular weight is 630 g/mol. The number of methoxy groups -OCH3 is 2. The minimum Gasteiger partial charge on any atom is -0.493 e. The van der Waals surface area contributed by atoms with Gasteiger partial charge in [0.05, 0.1) is 31.3 Å². The molecule has 3 aromatic rings. The van der Waals surface area contributed by atoms with Crippen LogP contribution in [0.25, 0.3) is 10.9 Å². The summed E-state index contributed by atoms with van der Waals surface area (Å²) in [6, 6.07) is 7.02. The second-order valence-electron chi connectivity index (χ2n) is 7.56. The molecule has 2 aromatic carbocycles. The molecule has 1 heterocycles. The first kappa shape index (κ1) is 27.2. The molecular formula is C24H24Br2ClN3O5. The number of hydrogen-bond donors (Lipinski definition) is 0. The largest absolute Gasteiger partial charge is 0.493 e. The number of carbonyl (C=O) groups is 1. The molecule has 186 valence electrons. The number of aromatic nitrogens is 2. The van der Waals surface area contributed by atoms with Gasteiger partial charge in [-0.25, -0.2) is 9.78 Å². The molecular weight excluding hydrogens is 606 g/mol. The smallest absolute Gasteiger partial charge is 0.346 e. The van der Waals surface area contributed by atoms with Gasteiger partial charge in [0.1, 0.15) is 10.8 Å². The summed E-state index contributed by atoms with van der Waals surface area (Å²) in [7, 11) is 2.72. The lowest BCUT2D eigenvalue weighted by Gasteiger charge is -2.18. The molecule has 8 nitrogen and oxygen atoms in total. The van der Waals surface area contributed by atoms with Crippen molar-refractivity contribution in [3.8, 4) is 11.5 Å². The minimum atomic E-state index is -0.902. The summed E-state index contributed by atoms with van der Waals surface area (Å²) in [5, 5.41) is 5.09. The molecule has 11 heteroatoms. The number of benzene rings is 2. The van der Waals surface area contributed by atoms with E-state index in [1.165, 1.54) is 25.1 Å². The van der Waals surface area contributed by atoms with Crippen molar-refractivity contribution in [2.45, 2.75) is 39.2 Å². The molecule has 0 spiro atoms. The molecule has 0 aliphatic carbocycles. The van der Waals surface area contributed by atoms with E-state index < -0.39 is 12.1 Å². The van der Waals surface area contributed by atoms with E-state index in [1.807, 2.05) is 6.07 Å². The van der Waals surface area contributed by atoms with Gasteiger partial charge in [0.25, 0.3) is 5.56 Å². The zero-order chi connectivity index (χ0) is 25.7. The van der Waals surface area contributed by atoms with Gasteiger partial charge >= 0.3 is 5.97 Å². The van der Waals surface area contributed by atoms with Gasteiger partial charge in [0, 0.05) is 20.9 Å². The van der Waals surface area contributed by atoms with Crippen LogP contribution in [0.4, 0.5) is 0 Å². The molecule has 0 bridgehead atoms. The first-order chi connectivity index (χ1) is 16.7. The zero-order valence-electron chi connectivity index (χ0n) is 19.6. The Labute approximate surface area is 224 Å². The Bertz CT molecular complexity index is 1340. The van der Waals surface area contributed by atoms with Crippen LogP contribution in [0.15, 0.2) is 43.1 Å². The minimum absolute atomic E-state index is 0.175. The highest BCUT2D eigenvalue weighted by Crippen LogP contribution is 2.42. The normalized spacial score (nSPS) is 12.2. The standard InChI is InChI=1S/C24H24Br2ClN3O5/c1-5-6-7-19-29-17-9-8-15(25)11-16(17)23(31)30(19)28-12-14-10-18(33-3)22(21(27)20(14)26)35-13(2)24(32)34-4/h8-13H,5-7H2,1-4H3/t13-/m1/s1. The molecule has 0 fully saturated rings. The third-order valence-electron chi connectivity index (χ3n) is 5.15. The van der Waals surface area contributed by atoms with Gasteiger partial charge in [-0.1, -0.05) is 40.9 Å². The summed E-state index contributed by atoms with van der Waals surface area (Å²) in [5.41, 5.74) is 0.871. The maximum Gasteiger partial charge on any atom is 0.346 e. The molecule has 0 unspecified atom stereocenters. The average Bonchev–Trinajstić information content (AvgIpc) is 2.85. The lowest BCUT2D eigenvalue weighted by atomic mass is 10.2. The van der Waals surface area contributed by atoms with E-state index in [-0.39, 0.29) is 22.1 Å². The first-order valence-corrected chi connectivity index (χ1v) is 12.7. The molecule has 0 saturated carbocycles. The molecule has 0 aliphatic heterocycles. The number of ether oxygens (including phenoxy) is 3. The monoisotopic (exact) mass is 627 g/mol. The van der Waals surface area contributed by atoms with Crippen molar-refractivity contribution in [1.29, 1.82) is 0 Å². The van der Waals surface area contributed by atoms with Crippen LogP contribution >= 0.6 is 43.5 Å². The zero-order valence-corrected chi connectivity index (χ0v) is 23.5. The van der Waals surface area contributed by atoms with E-state index in [9.17, 15) is 9.59 Å². The van der Waals surface area contributed by atoms with E-state index in [1.54, 1.807) is 25.1 Å². The van der Waals surface area contributed by atoms with Gasteiger partial charge in [-0.15, -0.1) is 0 Å². The molecule has 1 atom stereocenters. The van der Waals surface area contributed by atoms with Crippen molar-refractivity contribution < 1.29 is 19.0 Å². The fourth-order valence-corrected chi connectivity index (χ4v) is 4.29. The van der Waals surface area contributed by atoms with Crippen LogP contribution < -0.4 is 15.0 Å². The highest BCUT2D eigenvalue weighted by atomic mass is 79.9. The van der Waals surface area contributed by atoms with E-state index in [0.717, 1.165) is 17.3 Å². The van der Waals surface area contributed by atoms with Crippen molar-refractivity contribution in [2.75, 3.05) is 14.2 Å². The van der Waals surface area contributed by atoms with E-state index in [4.69, 9.17) is 25.8 Å². The van der Waals surface area contributed by atoms with Gasteiger partial charge in [-0.3, -0.25) is 4.79 Å². The summed E-state index contributed by atoms with van der Waals surface area (Å²) in [4.78, 5) is 29.8.